The number of nitrogens with zero attached hydrogens (tertiary/aromatic N) is 3. The number of benzene rings is 3. The SMILES string of the molecule is O=C(CCCN1C(=O)c2cccc3cccc(c23)C1=O)Nc1nnc(SCC(=O)c2ccccc2)s1. The van der Waals surface area contributed by atoms with Gasteiger partial charge in [0.1, 0.15) is 0 Å². The number of Topliss-reactive ketones (excluding diaryl/α,β-unsaturated/α-hetero) is 1. The summed E-state index contributed by atoms with van der Waals surface area (Å²) in [6, 6.07) is 19.8. The maximum Gasteiger partial charge on any atom is 0.261 e. The minimum atomic E-state index is -0.347. The molecule has 36 heavy (non-hydrogen) atoms. The zero-order chi connectivity index (χ0) is 25.1. The molecular weight excluding hydrogens is 496 g/mol. The first-order valence-electron chi connectivity index (χ1n) is 11.2. The highest BCUT2D eigenvalue weighted by Crippen LogP contribution is 2.30. The van der Waals surface area contributed by atoms with E-state index in [1.807, 2.05) is 30.3 Å². The number of carbonyl (C=O) groups is 4. The highest BCUT2D eigenvalue weighted by atomic mass is 32.2. The Labute approximate surface area is 214 Å². The third-order valence-corrected chi connectivity index (χ3v) is 7.69. The Kier molecular flexibility index (Phi) is 6.88. The van der Waals surface area contributed by atoms with Crippen LogP contribution in [-0.4, -0.2) is 50.9 Å². The number of amides is 3. The normalized spacial score (nSPS) is 12.7. The Morgan fingerprint density at radius 1 is 0.889 bits per heavy atom. The summed E-state index contributed by atoms with van der Waals surface area (Å²) < 4.78 is 0.576. The lowest BCUT2D eigenvalue weighted by Gasteiger charge is -2.27. The van der Waals surface area contributed by atoms with E-state index in [9.17, 15) is 19.2 Å². The van der Waals surface area contributed by atoms with E-state index in [-0.39, 0.29) is 42.2 Å². The topological polar surface area (TPSA) is 109 Å². The first-order chi connectivity index (χ1) is 17.5. The van der Waals surface area contributed by atoms with Crippen molar-refractivity contribution in [2.75, 3.05) is 17.6 Å². The highest BCUT2D eigenvalue weighted by molar-refractivity contribution is 8.01. The van der Waals surface area contributed by atoms with Gasteiger partial charge in [0.15, 0.2) is 10.1 Å². The fourth-order valence-corrected chi connectivity index (χ4v) is 5.68. The monoisotopic (exact) mass is 516 g/mol. The predicted octanol–water partition coefficient (Wildman–Crippen LogP) is 4.68. The van der Waals surface area contributed by atoms with Crippen molar-refractivity contribution in [2.45, 2.75) is 17.2 Å². The molecule has 4 aromatic rings. The predicted molar refractivity (Wildman–Crippen MR) is 139 cm³/mol. The molecule has 3 amide bonds. The summed E-state index contributed by atoms with van der Waals surface area (Å²) in [5.41, 5.74) is 1.63. The molecule has 180 valence electrons. The van der Waals surface area contributed by atoms with Crippen LogP contribution in [0.15, 0.2) is 71.1 Å². The van der Waals surface area contributed by atoms with Gasteiger partial charge in [-0.2, -0.15) is 0 Å². The molecule has 0 atom stereocenters. The molecule has 1 aromatic heterocycles. The Balaban J connectivity index is 1.12. The van der Waals surface area contributed by atoms with Crippen molar-refractivity contribution in [1.29, 1.82) is 0 Å². The van der Waals surface area contributed by atoms with Crippen molar-refractivity contribution in [1.82, 2.24) is 15.1 Å². The van der Waals surface area contributed by atoms with Gasteiger partial charge in [0.05, 0.1) is 5.75 Å². The third-order valence-electron chi connectivity index (χ3n) is 5.72. The van der Waals surface area contributed by atoms with Gasteiger partial charge in [0, 0.05) is 35.0 Å². The molecule has 0 bridgehead atoms. The summed E-state index contributed by atoms with van der Waals surface area (Å²) >= 11 is 2.45. The van der Waals surface area contributed by atoms with E-state index in [0.717, 1.165) is 5.39 Å². The van der Waals surface area contributed by atoms with Gasteiger partial charge >= 0.3 is 0 Å². The van der Waals surface area contributed by atoms with Gasteiger partial charge < -0.3 is 5.32 Å². The van der Waals surface area contributed by atoms with E-state index in [1.54, 1.807) is 36.4 Å². The van der Waals surface area contributed by atoms with Crippen LogP contribution in [0.5, 0.6) is 0 Å². The molecule has 0 saturated carbocycles. The van der Waals surface area contributed by atoms with E-state index in [1.165, 1.54) is 28.0 Å². The summed E-state index contributed by atoms with van der Waals surface area (Å²) in [5.74, 6) is -0.771. The van der Waals surface area contributed by atoms with Crippen LogP contribution in [0, 0.1) is 0 Å². The minimum absolute atomic E-state index is 0.0120. The van der Waals surface area contributed by atoms with Crippen LogP contribution < -0.4 is 5.32 Å². The summed E-state index contributed by atoms with van der Waals surface area (Å²) in [6.07, 6.45) is 0.422. The second-order valence-corrected chi connectivity index (χ2v) is 10.3. The number of nitrogens with one attached hydrogen (secondary N) is 1. The number of anilines is 1. The Hall–Kier alpha value is -3.89. The molecular formula is C26H20N4O4S2. The highest BCUT2D eigenvalue weighted by Gasteiger charge is 2.32. The van der Waals surface area contributed by atoms with Crippen molar-refractivity contribution in [3.63, 3.8) is 0 Å². The Bertz CT molecular complexity index is 1440. The molecule has 1 N–H and O–H groups in total. The molecule has 2 heterocycles. The quantitative estimate of drug-likeness (QED) is 0.149. The largest absolute Gasteiger partial charge is 0.301 e. The van der Waals surface area contributed by atoms with Crippen LogP contribution in [0.3, 0.4) is 0 Å². The van der Waals surface area contributed by atoms with Crippen LogP contribution in [0.25, 0.3) is 10.8 Å². The summed E-state index contributed by atoms with van der Waals surface area (Å²) in [7, 11) is 0. The summed E-state index contributed by atoms with van der Waals surface area (Å²) in [4.78, 5) is 51.7. The van der Waals surface area contributed by atoms with Crippen molar-refractivity contribution in [3.8, 4) is 0 Å². The summed E-state index contributed by atoms with van der Waals surface area (Å²) in [5, 5.41) is 12.5. The maximum atomic E-state index is 12.9. The van der Waals surface area contributed by atoms with Crippen LogP contribution >= 0.6 is 23.1 Å². The fourth-order valence-electron chi connectivity index (χ4n) is 4.02. The van der Waals surface area contributed by atoms with Gasteiger partial charge in [-0.15, -0.1) is 10.2 Å². The number of imide groups is 1. The van der Waals surface area contributed by atoms with Gasteiger partial charge in [-0.25, -0.2) is 0 Å². The molecule has 1 aliphatic heterocycles. The number of rotatable bonds is 9. The lowest BCUT2D eigenvalue weighted by Crippen LogP contribution is -2.41. The molecule has 3 aromatic carbocycles. The van der Waals surface area contributed by atoms with Crippen molar-refractivity contribution in [3.05, 3.63) is 83.4 Å². The van der Waals surface area contributed by atoms with Gasteiger partial charge in [-0.05, 0) is 23.9 Å². The molecule has 5 rings (SSSR count). The molecule has 0 aliphatic carbocycles. The second kappa shape index (κ2) is 10.4. The molecule has 0 unspecified atom stereocenters. The molecule has 10 heteroatoms. The number of hydrogen-bond donors (Lipinski definition) is 1. The van der Waals surface area contributed by atoms with Crippen molar-refractivity contribution >= 4 is 62.5 Å². The van der Waals surface area contributed by atoms with E-state index < -0.39 is 0 Å². The number of thioether (sulfide) groups is 1. The molecule has 0 saturated heterocycles. The van der Waals surface area contributed by atoms with E-state index >= 15 is 0 Å². The average Bonchev–Trinajstić information content (AvgIpc) is 3.35. The second-order valence-electron chi connectivity index (χ2n) is 8.07. The van der Waals surface area contributed by atoms with Crippen LogP contribution in [-0.2, 0) is 4.79 Å². The first kappa shape index (κ1) is 23.8. The Morgan fingerprint density at radius 2 is 1.58 bits per heavy atom. The standard InChI is InChI=1S/C26H20N4O4S2/c31-20(16-7-2-1-3-8-16)15-35-26-29-28-25(36-26)27-21(32)13-6-14-30-23(33)18-11-4-9-17-10-5-12-19(22(17)18)24(30)34/h1-5,7-12H,6,13-15H2,(H,27,28,32). The lowest BCUT2D eigenvalue weighted by atomic mass is 9.94. The van der Waals surface area contributed by atoms with E-state index in [0.29, 0.717) is 38.0 Å². The van der Waals surface area contributed by atoms with Gasteiger partial charge in [-0.1, -0.05) is 77.7 Å². The molecule has 0 radical (unpaired) electrons. The third kappa shape index (κ3) is 4.91. The van der Waals surface area contributed by atoms with Crippen molar-refractivity contribution < 1.29 is 19.2 Å². The van der Waals surface area contributed by atoms with Gasteiger partial charge in [0.25, 0.3) is 11.8 Å². The first-order valence-corrected chi connectivity index (χ1v) is 13.0. The van der Waals surface area contributed by atoms with Crippen LogP contribution in [0.2, 0.25) is 0 Å². The maximum absolute atomic E-state index is 12.9. The minimum Gasteiger partial charge on any atom is -0.301 e. The fraction of sp³-hybridized carbons (Fsp3) is 0.154. The van der Waals surface area contributed by atoms with Crippen molar-refractivity contribution in [2.24, 2.45) is 0 Å². The lowest BCUT2D eigenvalue weighted by molar-refractivity contribution is -0.116. The zero-order valence-corrected chi connectivity index (χ0v) is 20.6. The summed E-state index contributed by atoms with van der Waals surface area (Å²) in [6.45, 7) is 0.134. The number of ketones is 1. The molecule has 0 spiro atoms. The molecule has 0 fully saturated rings. The van der Waals surface area contributed by atoms with Crippen LogP contribution in [0.4, 0.5) is 5.13 Å². The van der Waals surface area contributed by atoms with Crippen LogP contribution in [0.1, 0.15) is 43.9 Å². The number of hydrogen-bond acceptors (Lipinski definition) is 8. The van der Waals surface area contributed by atoms with Gasteiger partial charge in [-0.3, -0.25) is 24.1 Å². The van der Waals surface area contributed by atoms with E-state index in [4.69, 9.17) is 0 Å². The Morgan fingerprint density at radius 3 is 2.28 bits per heavy atom. The smallest absolute Gasteiger partial charge is 0.261 e. The molecule has 8 nitrogen and oxygen atoms in total. The zero-order valence-electron chi connectivity index (χ0n) is 19.0. The molecule has 1 aliphatic rings. The average molecular weight is 517 g/mol. The van der Waals surface area contributed by atoms with Gasteiger partial charge in [0.2, 0.25) is 11.0 Å². The van der Waals surface area contributed by atoms with E-state index in [2.05, 4.69) is 15.5 Å². The number of carbonyl (C=O) groups excluding carboxylic acids is 4. The number of aromatic nitrogens is 2.